The predicted octanol–water partition coefficient (Wildman–Crippen LogP) is 2.00. The summed E-state index contributed by atoms with van der Waals surface area (Å²) in [4.78, 5) is 28.6. The number of ether oxygens (including phenoxy) is 2. The second-order valence-electron chi connectivity index (χ2n) is 5.91. The molecule has 0 aliphatic carbocycles. The fourth-order valence-electron chi connectivity index (χ4n) is 2.37. The number of hydrogen-bond donors (Lipinski definition) is 1. The van der Waals surface area contributed by atoms with Gasteiger partial charge in [-0.15, -0.1) is 0 Å². The molecule has 0 spiro atoms. The summed E-state index contributed by atoms with van der Waals surface area (Å²) in [5.74, 6) is -0.795. The number of nitrogens with zero attached hydrogens (tertiary/aromatic N) is 1. The monoisotopic (exact) mass is 456 g/mol. The van der Waals surface area contributed by atoms with Crippen molar-refractivity contribution in [3.05, 3.63) is 58.6 Å². The lowest BCUT2D eigenvalue weighted by atomic mass is 10.2. The quantitative estimate of drug-likeness (QED) is 0.453. The Labute approximate surface area is 179 Å². The van der Waals surface area contributed by atoms with Crippen molar-refractivity contribution < 1.29 is 32.3 Å². The molecule has 2 aromatic rings. The first-order valence-corrected chi connectivity index (χ1v) is 10.4. The van der Waals surface area contributed by atoms with Gasteiger partial charge in [-0.1, -0.05) is 34.3 Å². The number of amides is 1. The summed E-state index contributed by atoms with van der Waals surface area (Å²) in [7, 11) is -0.194. The number of hydrogen-bond acceptors (Lipinski definition) is 7. The molecule has 0 aliphatic heterocycles. The Hall–Kier alpha value is -2.66. The summed E-state index contributed by atoms with van der Waals surface area (Å²) < 4.78 is 35.5. The van der Waals surface area contributed by atoms with Gasteiger partial charge in [-0.25, -0.2) is 13.2 Å². The summed E-state index contributed by atoms with van der Waals surface area (Å²) in [6, 6.07) is 10.8. The number of carbonyl (C=O) groups excluding carboxylic acids is 2. The molecule has 0 aromatic heterocycles. The summed E-state index contributed by atoms with van der Waals surface area (Å²) in [5, 5.41) is 2.52. The maximum Gasteiger partial charge on any atom is 0.338 e. The highest BCUT2D eigenvalue weighted by Crippen LogP contribution is 2.25. The summed E-state index contributed by atoms with van der Waals surface area (Å²) in [6.07, 6.45) is 0. The van der Waals surface area contributed by atoms with Crippen LogP contribution in [0.2, 0.25) is 5.02 Å². The molecule has 0 saturated carbocycles. The number of para-hydroxylation sites is 1. The Morgan fingerprint density at radius 1 is 1.13 bits per heavy atom. The van der Waals surface area contributed by atoms with Crippen molar-refractivity contribution in [2.75, 3.05) is 27.9 Å². The van der Waals surface area contributed by atoms with E-state index >= 15 is 0 Å². The van der Waals surface area contributed by atoms with Crippen LogP contribution in [0.3, 0.4) is 0 Å². The Bertz CT molecular complexity index is 1030. The van der Waals surface area contributed by atoms with Crippen LogP contribution >= 0.6 is 11.6 Å². The van der Waals surface area contributed by atoms with Crippen molar-refractivity contribution in [3.8, 4) is 5.75 Å². The number of carbonyl (C=O) groups is 2. The number of halogens is 1. The molecule has 0 heterocycles. The van der Waals surface area contributed by atoms with Crippen LogP contribution in [0.5, 0.6) is 5.75 Å². The summed E-state index contributed by atoms with van der Waals surface area (Å²) in [5.41, 5.74) is 0.675. The number of esters is 1. The molecule has 0 bridgehead atoms. The minimum absolute atomic E-state index is 0.0833. The van der Waals surface area contributed by atoms with Crippen molar-refractivity contribution in [2.24, 2.45) is 0 Å². The summed E-state index contributed by atoms with van der Waals surface area (Å²) >= 11 is 5.95. The number of rotatable bonds is 9. The van der Waals surface area contributed by atoms with Crippen LogP contribution in [-0.4, -0.2) is 52.6 Å². The first kappa shape index (κ1) is 23.6. The third-order valence-electron chi connectivity index (χ3n) is 4.04. The number of methoxy groups -OCH3 is 1. The topological polar surface area (TPSA) is 111 Å². The minimum Gasteiger partial charge on any atom is -0.496 e. The highest BCUT2D eigenvalue weighted by molar-refractivity contribution is 7.89. The third kappa shape index (κ3) is 5.70. The molecule has 0 saturated heterocycles. The van der Waals surface area contributed by atoms with Gasteiger partial charge >= 0.3 is 5.97 Å². The van der Waals surface area contributed by atoms with Gasteiger partial charge in [-0.3, -0.25) is 9.63 Å². The standard InChI is InChI=1S/C19H21ClN2O7S/c1-22(28-3)30(25,26)17-10-13(8-9-15(17)20)19(24)29-12-18(23)21-11-14-6-4-5-7-16(14)27-2/h4-10H,11-12H2,1-3H3,(H,21,23). The van der Waals surface area contributed by atoms with Gasteiger partial charge in [-0.05, 0) is 24.3 Å². The molecule has 1 amide bonds. The Morgan fingerprint density at radius 2 is 1.83 bits per heavy atom. The van der Waals surface area contributed by atoms with E-state index in [4.69, 9.17) is 25.9 Å². The number of nitrogens with one attached hydrogen (secondary N) is 1. The van der Waals surface area contributed by atoms with E-state index in [1.54, 1.807) is 24.3 Å². The maximum atomic E-state index is 12.4. The average molecular weight is 457 g/mol. The molecule has 0 atom stereocenters. The molecule has 0 radical (unpaired) electrons. The molecule has 30 heavy (non-hydrogen) atoms. The molecular formula is C19H21ClN2O7S. The van der Waals surface area contributed by atoms with Crippen LogP contribution in [0.25, 0.3) is 0 Å². The molecule has 0 unspecified atom stereocenters. The molecule has 162 valence electrons. The van der Waals surface area contributed by atoms with Crippen LogP contribution in [0, 0.1) is 0 Å². The van der Waals surface area contributed by atoms with Crippen molar-refractivity contribution in [1.29, 1.82) is 0 Å². The molecule has 11 heteroatoms. The first-order valence-electron chi connectivity index (χ1n) is 8.59. The second kappa shape index (κ2) is 10.4. The molecule has 9 nitrogen and oxygen atoms in total. The van der Waals surface area contributed by atoms with E-state index in [2.05, 4.69) is 5.32 Å². The lowest BCUT2D eigenvalue weighted by molar-refractivity contribution is -0.124. The zero-order chi connectivity index (χ0) is 22.3. The van der Waals surface area contributed by atoms with Crippen molar-refractivity contribution in [1.82, 2.24) is 9.79 Å². The van der Waals surface area contributed by atoms with E-state index < -0.39 is 28.5 Å². The van der Waals surface area contributed by atoms with Crippen molar-refractivity contribution in [2.45, 2.75) is 11.4 Å². The third-order valence-corrected chi connectivity index (χ3v) is 6.20. The number of benzene rings is 2. The lowest BCUT2D eigenvalue weighted by Crippen LogP contribution is -2.28. The van der Waals surface area contributed by atoms with Gasteiger partial charge < -0.3 is 14.8 Å². The first-order chi connectivity index (χ1) is 14.2. The normalized spacial score (nSPS) is 11.2. The van der Waals surface area contributed by atoms with E-state index in [0.29, 0.717) is 10.2 Å². The molecular weight excluding hydrogens is 436 g/mol. The van der Waals surface area contributed by atoms with Gasteiger partial charge in [0.25, 0.3) is 15.9 Å². The van der Waals surface area contributed by atoms with Crippen LogP contribution in [0.1, 0.15) is 15.9 Å². The highest BCUT2D eigenvalue weighted by Gasteiger charge is 2.25. The fraction of sp³-hybridized carbons (Fsp3) is 0.263. The van der Waals surface area contributed by atoms with Crippen molar-refractivity contribution >= 4 is 33.5 Å². The van der Waals surface area contributed by atoms with Gasteiger partial charge in [0, 0.05) is 19.2 Å². The van der Waals surface area contributed by atoms with Gasteiger partial charge in [0.05, 0.1) is 24.8 Å². The number of hydroxylamine groups is 1. The van der Waals surface area contributed by atoms with Crippen LogP contribution < -0.4 is 10.1 Å². The highest BCUT2D eigenvalue weighted by atomic mass is 35.5. The summed E-state index contributed by atoms with van der Waals surface area (Å²) in [6.45, 7) is -0.357. The van der Waals surface area contributed by atoms with Crippen molar-refractivity contribution in [3.63, 3.8) is 0 Å². The molecule has 2 aromatic carbocycles. The zero-order valence-corrected chi connectivity index (χ0v) is 18.1. The lowest BCUT2D eigenvalue weighted by Gasteiger charge is -2.15. The zero-order valence-electron chi connectivity index (χ0n) is 16.5. The SMILES string of the molecule is COc1ccccc1CNC(=O)COC(=O)c1ccc(Cl)c(S(=O)(=O)N(C)OC)c1. The number of sulfonamides is 1. The van der Waals surface area contributed by atoms with E-state index in [-0.39, 0.29) is 22.0 Å². The van der Waals surface area contributed by atoms with E-state index in [1.165, 1.54) is 33.4 Å². The van der Waals surface area contributed by atoms with Crippen LogP contribution in [0.4, 0.5) is 0 Å². The van der Waals surface area contributed by atoms with Gasteiger partial charge in [0.2, 0.25) is 0 Å². The van der Waals surface area contributed by atoms with Crippen LogP contribution in [0.15, 0.2) is 47.4 Å². The largest absolute Gasteiger partial charge is 0.496 e. The fourth-order valence-corrected chi connectivity index (χ4v) is 3.85. The second-order valence-corrected chi connectivity index (χ2v) is 8.22. The molecule has 0 fully saturated rings. The maximum absolute atomic E-state index is 12.4. The van der Waals surface area contributed by atoms with Gasteiger partial charge in [-0.2, -0.15) is 0 Å². The minimum atomic E-state index is -4.07. The average Bonchev–Trinajstić information content (AvgIpc) is 2.75. The van der Waals surface area contributed by atoms with Gasteiger partial charge in [0.15, 0.2) is 6.61 Å². The molecule has 0 aliphatic rings. The Morgan fingerprint density at radius 3 is 2.50 bits per heavy atom. The molecule has 1 N–H and O–H groups in total. The predicted molar refractivity (Wildman–Crippen MR) is 109 cm³/mol. The van der Waals surface area contributed by atoms with Crippen LogP contribution in [-0.2, 0) is 30.9 Å². The van der Waals surface area contributed by atoms with E-state index in [0.717, 1.165) is 11.6 Å². The van der Waals surface area contributed by atoms with E-state index in [1.807, 2.05) is 0 Å². The molecule has 2 rings (SSSR count). The Kier molecular flexibility index (Phi) is 8.18. The Balaban J connectivity index is 2.01. The van der Waals surface area contributed by atoms with Gasteiger partial charge in [0.1, 0.15) is 10.6 Å². The smallest absolute Gasteiger partial charge is 0.338 e. The van der Waals surface area contributed by atoms with E-state index in [9.17, 15) is 18.0 Å².